The van der Waals surface area contributed by atoms with Gasteiger partial charge in [0.05, 0.1) is 27.5 Å². The number of rotatable bonds is 5. The number of anilines is 1. The Hall–Kier alpha value is -3.58. The smallest absolute Gasteiger partial charge is 0.338 e. The van der Waals surface area contributed by atoms with Crippen molar-refractivity contribution in [3.05, 3.63) is 94.8 Å². The predicted octanol–water partition coefficient (Wildman–Crippen LogP) is 5.59. The van der Waals surface area contributed by atoms with Crippen LogP contribution >= 0.6 is 11.6 Å². The minimum Gasteiger partial charge on any atom is -0.338 e. The SMILES string of the molecule is O=C(ONc1ccc(N=NC(=O)c2ccccc2Cl)cc1)c1ccc(F)cc1. The molecule has 140 valence electrons. The summed E-state index contributed by atoms with van der Waals surface area (Å²) in [5.41, 5.74) is 3.86. The first-order valence-corrected chi connectivity index (χ1v) is 8.44. The minimum absolute atomic E-state index is 0.206. The Balaban J connectivity index is 1.57. The van der Waals surface area contributed by atoms with Crippen molar-refractivity contribution in [1.82, 2.24) is 0 Å². The number of hydrogen-bond donors (Lipinski definition) is 1. The van der Waals surface area contributed by atoms with Crippen molar-refractivity contribution in [1.29, 1.82) is 0 Å². The average molecular weight is 398 g/mol. The Labute approximate surface area is 164 Å². The van der Waals surface area contributed by atoms with Gasteiger partial charge in [-0.1, -0.05) is 23.7 Å². The second kappa shape index (κ2) is 8.88. The van der Waals surface area contributed by atoms with Gasteiger partial charge in [0, 0.05) is 0 Å². The first-order chi connectivity index (χ1) is 13.5. The second-order valence-corrected chi connectivity index (χ2v) is 5.94. The van der Waals surface area contributed by atoms with Gasteiger partial charge in [0.15, 0.2) is 0 Å². The molecular weight excluding hydrogens is 385 g/mol. The van der Waals surface area contributed by atoms with E-state index in [1.54, 1.807) is 48.5 Å². The maximum atomic E-state index is 12.9. The third-order valence-electron chi connectivity index (χ3n) is 3.57. The number of nitrogens with zero attached hydrogens (tertiary/aromatic N) is 2. The second-order valence-electron chi connectivity index (χ2n) is 5.53. The Morgan fingerprint density at radius 3 is 2.29 bits per heavy atom. The van der Waals surface area contributed by atoms with Gasteiger partial charge >= 0.3 is 5.97 Å². The summed E-state index contributed by atoms with van der Waals surface area (Å²) in [6, 6.07) is 17.9. The number of carbonyl (C=O) groups excluding carboxylic acids is 2. The molecule has 8 heteroatoms. The van der Waals surface area contributed by atoms with Crippen LogP contribution in [0.5, 0.6) is 0 Å². The molecule has 28 heavy (non-hydrogen) atoms. The fraction of sp³-hybridized carbons (Fsp3) is 0. The van der Waals surface area contributed by atoms with Crippen molar-refractivity contribution in [2.75, 3.05) is 5.48 Å². The summed E-state index contributed by atoms with van der Waals surface area (Å²) in [6.07, 6.45) is 0. The zero-order chi connectivity index (χ0) is 19.9. The standard InChI is InChI=1S/C20H13ClFN3O3/c21-18-4-2-1-3-17(18)19(26)24-23-15-9-11-16(12-10-15)25-28-20(27)13-5-7-14(22)8-6-13/h1-12,25H. The number of azo groups is 1. The van der Waals surface area contributed by atoms with Gasteiger partial charge in [-0.2, -0.15) is 0 Å². The summed E-state index contributed by atoms with van der Waals surface area (Å²) in [5, 5.41) is 7.80. The van der Waals surface area contributed by atoms with E-state index in [0.717, 1.165) is 0 Å². The molecule has 0 atom stereocenters. The van der Waals surface area contributed by atoms with Gasteiger partial charge in [-0.15, -0.1) is 10.2 Å². The number of benzene rings is 3. The Kier molecular flexibility index (Phi) is 6.08. The maximum Gasteiger partial charge on any atom is 0.362 e. The molecule has 0 aliphatic rings. The van der Waals surface area contributed by atoms with E-state index in [0.29, 0.717) is 16.4 Å². The van der Waals surface area contributed by atoms with Crippen molar-refractivity contribution in [3.8, 4) is 0 Å². The summed E-state index contributed by atoms with van der Waals surface area (Å²) >= 11 is 5.94. The van der Waals surface area contributed by atoms with E-state index in [9.17, 15) is 14.0 Å². The van der Waals surface area contributed by atoms with Crippen LogP contribution in [-0.4, -0.2) is 11.9 Å². The molecule has 0 aliphatic heterocycles. The number of carbonyl (C=O) groups is 2. The lowest BCUT2D eigenvalue weighted by Crippen LogP contribution is -2.10. The lowest BCUT2D eigenvalue weighted by molar-refractivity contribution is 0.0596. The van der Waals surface area contributed by atoms with E-state index in [2.05, 4.69) is 15.7 Å². The molecule has 0 spiro atoms. The van der Waals surface area contributed by atoms with Crippen LogP contribution in [0.1, 0.15) is 20.7 Å². The average Bonchev–Trinajstić information content (AvgIpc) is 2.72. The van der Waals surface area contributed by atoms with E-state index in [4.69, 9.17) is 16.4 Å². The molecule has 0 radical (unpaired) electrons. The largest absolute Gasteiger partial charge is 0.362 e. The summed E-state index contributed by atoms with van der Waals surface area (Å²) in [6.45, 7) is 0. The molecule has 1 amide bonds. The minimum atomic E-state index is -0.658. The summed E-state index contributed by atoms with van der Waals surface area (Å²) in [7, 11) is 0. The fourth-order valence-corrected chi connectivity index (χ4v) is 2.35. The van der Waals surface area contributed by atoms with Gasteiger partial charge in [0.2, 0.25) is 0 Å². The summed E-state index contributed by atoms with van der Waals surface area (Å²) < 4.78 is 12.9. The van der Waals surface area contributed by atoms with Gasteiger partial charge in [-0.3, -0.25) is 4.79 Å². The third kappa shape index (κ3) is 4.99. The molecule has 0 aliphatic carbocycles. The lowest BCUT2D eigenvalue weighted by Gasteiger charge is -2.06. The molecule has 1 N–H and O–H groups in total. The zero-order valence-corrected chi connectivity index (χ0v) is 15.1. The van der Waals surface area contributed by atoms with Crippen LogP contribution < -0.4 is 5.48 Å². The van der Waals surface area contributed by atoms with Gasteiger partial charge in [-0.05, 0) is 60.7 Å². The first kappa shape index (κ1) is 19.2. The number of halogens is 2. The van der Waals surface area contributed by atoms with E-state index in [-0.39, 0.29) is 11.1 Å². The van der Waals surface area contributed by atoms with Crippen molar-refractivity contribution < 1.29 is 18.8 Å². The first-order valence-electron chi connectivity index (χ1n) is 8.06. The number of amides is 1. The molecule has 3 aromatic rings. The van der Waals surface area contributed by atoms with Crippen LogP contribution in [0.15, 0.2) is 83.0 Å². The van der Waals surface area contributed by atoms with Crippen LogP contribution in [-0.2, 0) is 4.84 Å². The van der Waals surface area contributed by atoms with Gasteiger partial charge in [0.1, 0.15) is 5.82 Å². The summed E-state index contributed by atoms with van der Waals surface area (Å²) in [5.74, 6) is -1.66. The van der Waals surface area contributed by atoms with Crippen molar-refractivity contribution in [2.45, 2.75) is 0 Å². The van der Waals surface area contributed by atoms with Crippen molar-refractivity contribution >= 4 is 34.9 Å². The number of nitrogens with one attached hydrogen (secondary N) is 1. The summed E-state index contributed by atoms with van der Waals surface area (Å²) in [4.78, 5) is 28.8. The van der Waals surface area contributed by atoms with Gasteiger partial charge < -0.3 is 4.84 Å². The molecule has 0 bridgehead atoms. The molecule has 0 unspecified atom stereocenters. The van der Waals surface area contributed by atoms with Crippen molar-refractivity contribution in [3.63, 3.8) is 0 Å². The molecule has 0 saturated carbocycles. The normalized spacial score (nSPS) is 10.6. The fourth-order valence-electron chi connectivity index (χ4n) is 2.14. The lowest BCUT2D eigenvalue weighted by atomic mass is 10.2. The Morgan fingerprint density at radius 1 is 0.929 bits per heavy atom. The topological polar surface area (TPSA) is 80.1 Å². The van der Waals surface area contributed by atoms with Gasteiger partial charge in [-0.25, -0.2) is 14.7 Å². The molecule has 0 saturated heterocycles. The highest BCUT2D eigenvalue weighted by atomic mass is 35.5. The molecule has 6 nitrogen and oxygen atoms in total. The van der Waals surface area contributed by atoms with Crippen LogP contribution in [0.2, 0.25) is 5.02 Å². The molecular formula is C20H13ClFN3O3. The Bertz CT molecular complexity index is 1020. The van der Waals surface area contributed by atoms with E-state index in [1.165, 1.54) is 24.3 Å². The van der Waals surface area contributed by atoms with E-state index in [1.807, 2.05) is 0 Å². The Morgan fingerprint density at radius 2 is 1.61 bits per heavy atom. The molecule has 0 heterocycles. The quantitative estimate of drug-likeness (QED) is 0.449. The highest BCUT2D eigenvalue weighted by Crippen LogP contribution is 2.20. The zero-order valence-electron chi connectivity index (χ0n) is 14.3. The molecule has 0 aromatic heterocycles. The van der Waals surface area contributed by atoms with E-state index >= 15 is 0 Å². The molecule has 3 aromatic carbocycles. The predicted molar refractivity (Wildman–Crippen MR) is 102 cm³/mol. The molecule has 3 rings (SSSR count). The highest BCUT2D eigenvalue weighted by Gasteiger charge is 2.09. The monoisotopic (exact) mass is 397 g/mol. The van der Waals surface area contributed by atoms with Crippen LogP contribution in [0.3, 0.4) is 0 Å². The van der Waals surface area contributed by atoms with Crippen LogP contribution in [0.25, 0.3) is 0 Å². The number of hydrogen-bond acceptors (Lipinski definition) is 5. The molecule has 0 fully saturated rings. The van der Waals surface area contributed by atoms with Crippen LogP contribution in [0, 0.1) is 5.82 Å². The van der Waals surface area contributed by atoms with Gasteiger partial charge in [0.25, 0.3) is 5.91 Å². The van der Waals surface area contributed by atoms with E-state index < -0.39 is 17.7 Å². The third-order valence-corrected chi connectivity index (χ3v) is 3.90. The highest BCUT2D eigenvalue weighted by molar-refractivity contribution is 6.33. The van der Waals surface area contributed by atoms with Crippen LogP contribution in [0.4, 0.5) is 15.8 Å². The van der Waals surface area contributed by atoms with Crippen molar-refractivity contribution in [2.24, 2.45) is 10.2 Å². The maximum absolute atomic E-state index is 12.9.